The van der Waals surface area contributed by atoms with Crippen molar-refractivity contribution in [2.75, 3.05) is 0 Å². The van der Waals surface area contributed by atoms with E-state index < -0.39 is 20.8 Å². The summed E-state index contributed by atoms with van der Waals surface area (Å²) in [7, 11) is -4.54. The molecule has 0 aliphatic carbocycles. The van der Waals surface area contributed by atoms with E-state index in [2.05, 4.69) is 6.92 Å². The Hall–Kier alpha value is -0.414. The molecule has 0 bridgehead atoms. The van der Waals surface area contributed by atoms with Gasteiger partial charge in [-0.1, -0.05) is 68.7 Å². The van der Waals surface area contributed by atoms with Gasteiger partial charge < -0.3 is 9.84 Å². The van der Waals surface area contributed by atoms with Crippen LogP contribution in [0.5, 0.6) is 17.2 Å². The normalized spacial score (nSPS) is 11.0. The Morgan fingerprint density at radius 2 is 1.69 bits per heavy atom. The monoisotopic (exact) mass is 402 g/mol. The molecule has 2 aromatic rings. The number of rotatable bonds is 9. The Morgan fingerprint density at radius 3 is 2.38 bits per heavy atom. The van der Waals surface area contributed by atoms with Crippen LogP contribution in [0, 0.1) is 0 Å². The van der Waals surface area contributed by atoms with Crippen molar-refractivity contribution in [2.24, 2.45) is 0 Å². The third-order valence-electron chi connectivity index (χ3n) is 3.95. The fourth-order valence-electron chi connectivity index (χ4n) is 2.64. The number of benzene rings is 2. The summed E-state index contributed by atoms with van der Waals surface area (Å²) in [6.07, 6.45) is 6.44. The largest absolute Gasteiger partial charge is 1.00 e. The Labute approximate surface area is 198 Å². The standard InChI is InChI=1S/C19H24O5S.K/c1-2-3-4-5-6-10-15-11-7-8-13-17(15)24-19-16(20)12-9-14-18(19)25(21,22)23;/h7-9,11-14,20H,2-6,10H2,1H3,(H,21,22,23);/q;+1/p-1. The number of hydrogen-bond donors (Lipinski definition) is 1. The number of unbranched alkanes of at least 4 members (excludes halogenated alkanes) is 4. The van der Waals surface area contributed by atoms with Crippen LogP contribution in [0.3, 0.4) is 0 Å². The van der Waals surface area contributed by atoms with Crippen LogP contribution in [0.1, 0.15) is 44.6 Å². The Balaban J connectivity index is 0.00000338. The van der Waals surface area contributed by atoms with Gasteiger partial charge in [-0.05, 0) is 30.5 Å². The predicted octanol–water partition coefficient (Wildman–Crippen LogP) is 1.32. The van der Waals surface area contributed by atoms with E-state index in [9.17, 15) is 18.1 Å². The van der Waals surface area contributed by atoms with Gasteiger partial charge in [-0.3, -0.25) is 4.55 Å². The molecular weight excluding hydrogens is 379 g/mol. The molecule has 0 unspecified atom stereocenters. The van der Waals surface area contributed by atoms with Gasteiger partial charge in [0.2, 0.25) is 0 Å². The van der Waals surface area contributed by atoms with Crippen molar-refractivity contribution < 1.29 is 74.2 Å². The number of para-hydroxylation sites is 2. The van der Waals surface area contributed by atoms with Crippen LogP contribution in [0.15, 0.2) is 47.4 Å². The molecule has 136 valence electrons. The van der Waals surface area contributed by atoms with E-state index in [0.717, 1.165) is 30.9 Å². The van der Waals surface area contributed by atoms with E-state index in [-0.39, 0.29) is 57.1 Å². The second-order valence-electron chi connectivity index (χ2n) is 5.93. The molecule has 0 aliphatic rings. The van der Waals surface area contributed by atoms with Crippen LogP contribution in [-0.2, 0) is 16.5 Å². The van der Waals surface area contributed by atoms with Gasteiger partial charge in [-0.25, -0.2) is 0 Å². The summed E-state index contributed by atoms with van der Waals surface area (Å²) >= 11 is 0. The molecule has 1 N–H and O–H groups in total. The molecule has 0 radical (unpaired) electrons. The van der Waals surface area contributed by atoms with Gasteiger partial charge in [-0.2, -0.15) is 8.42 Å². The number of hydrogen-bond acceptors (Lipinski definition) is 4. The molecule has 0 aromatic heterocycles. The molecule has 0 heterocycles. The van der Waals surface area contributed by atoms with Gasteiger partial charge >= 0.3 is 51.4 Å². The van der Waals surface area contributed by atoms with E-state index in [1.165, 1.54) is 31.4 Å². The van der Waals surface area contributed by atoms with Crippen molar-refractivity contribution in [3.8, 4) is 17.2 Å². The first-order valence-electron chi connectivity index (χ1n) is 8.46. The summed E-state index contributed by atoms with van der Waals surface area (Å²) < 4.78 is 37.9. The molecule has 0 saturated heterocycles. The quantitative estimate of drug-likeness (QED) is 0.388. The Bertz CT molecular complexity index is 805. The third kappa shape index (κ3) is 6.96. The van der Waals surface area contributed by atoms with Crippen LogP contribution >= 0.6 is 0 Å². The molecule has 0 aliphatic heterocycles. The van der Waals surface area contributed by atoms with E-state index in [0.29, 0.717) is 5.75 Å². The summed E-state index contributed by atoms with van der Waals surface area (Å²) in [6.45, 7) is 2.16. The van der Waals surface area contributed by atoms with E-state index in [1.54, 1.807) is 12.1 Å². The van der Waals surface area contributed by atoms with E-state index >= 15 is 0 Å². The van der Waals surface area contributed by atoms with Crippen molar-refractivity contribution in [3.63, 3.8) is 0 Å². The predicted molar refractivity (Wildman–Crippen MR) is 94.7 cm³/mol. The van der Waals surface area contributed by atoms with Crippen molar-refractivity contribution in [3.05, 3.63) is 48.0 Å². The molecule has 2 aromatic carbocycles. The zero-order chi connectivity index (χ0) is 18.3. The SMILES string of the molecule is CCCCCCCc1ccccc1Oc1c([O-])cccc1S(=O)(=O)O.[K+]. The van der Waals surface area contributed by atoms with Gasteiger partial charge in [0.05, 0.1) is 0 Å². The molecule has 7 heteroatoms. The molecule has 0 spiro atoms. The van der Waals surface area contributed by atoms with Crippen LogP contribution in [0.4, 0.5) is 0 Å². The molecule has 2 rings (SSSR count). The minimum absolute atomic E-state index is 0. The van der Waals surface area contributed by atoms with Crippen LogP contribution in [0.25, 0.3) is 0 Å². The summed E-state index contributed by atoms with van der Waals surface area (Å²) in [5.41, 5.74) is 0.906. The average Bonchev–Trinajstić information content (AvgIpc) is 2.57. The summed E-state index contributed by atoms with van der Waals surface area (Å²) in [5, 5.41) is 12.0. The zero-order valence-electron chi connectivity index (χ0n) is 15.3. The molecule has 0 fully saturated rings. The second-order valence-corrected chi connectivity index (χ2v) is 7.32. The summed E-state index contributed by atoms with van der Waals surface area (Å²) in [6, 6.07) is 10.9. The maximum absolute atomic E-state index is 12.0. The third-order valence-corrected chi connectivity index (χ3v) is 4.83. The molecular formula is C19H23KO5S. The first-order chi connectivity index (χ1) is 11.9. The molecule has 0 amide bonds. The smallest absolute Gasteiger partial charge is 0.870 e. The zero-order valence-corrected chi connectivity index (χ0v) is 19.2. The molecule has 5 nitrogen and oxygen atoms in total. The summed E-state index contributed by atoms with van der Waals surface area (Å²) in [4.78, 5) is -0.516. The first kappa shape index (κ1) is 23.6. The van der Waals surface area contributed by atoms with Crippen molar-refractivity contribution in [2.45, 2.75) is 50.3 Å². The fourth-order valence-corrected chi connectivity index (χ4v) is 3.27. The Morgan fingerprint density at radius 1 is 1.00 bits per heavy atom. The molecule has 26 heavy (non-hydrogen) atoms. The van der Waals surface area contributed by atoms with E-state index in [1.807, 2.05) is 12.1 Å². The average molecular weight is 403 g/mol. The van der Waals surface area contributed by atoms with Crippen LogP contribution < -0.4 is 61.2 Å². The van der Waals surface area contributed by atoms with Crippen LogP contribution in [0.2, 0.25) is 0 Å². The Kier molecular flexibility index (Phi) is 10.4. The topological polar surface area (TPSA) is 86.7 Å². The second kappa shape index (κ2) is 11.4. The van der Waals surface area contributed by atoms with Gasteiger partial charge in [-0.15, -0.1) is 0 Å². The van der Waals surface area contributed by atoms with Gasteiger partial charge in [0, 0.05) is 0 Å². The molecule has 0 atom stereocenters. The van der Waals surface area contributed by atoms with E-state index in [4.69, 9.17) is 4.74 Å². The minimum Gasteiger partial charge on any atom is -0.870 e. The fraction of sp³-hybridized carbons (Fsp3) is 0.368. The number of ether oxygens (including phenoxy) is 1. The number of aryl methyl sites for hydroxylation is 1. The van der Waals surface area contributed by atoms with Crippen LogP contribution in [-0.4, -0.2) is 13.0 Å². The van der Waals surface area contributed by atoms with Crippen molar-refractivity contribution in [1.29, 1.82) is 0 Å². The minimum atomic E-state index is -4.54. The maximum atomic E-state index is 12.0. The van der Waals surface area contributed by atoms with Crippen molar-refractivity contribution in [1.82, 2.24) is 0 Å². The molecule has 0 saturated carbocycles. The first-order valence-corrected chi connectivity index (χ1v) is 9.90. The summed E-state index contributed by atoms with van der Waals surface area (Å²) in [5.74, 6) is -0.525. The van der Waals surface area contributed by atoms with Gasteiger partial charge in [0.1, 0.15) is 16.4 Å². The van der Waals surface area contributed by atoms with Crippen molar-refractivity contribution >= 4 is 10.1 Å². The van der Waals surface area contributed by atoms with Gasteiger partial charge in [0.15, 0.2) is 0 Å². The maximum Gasteiger partial charge on any atom is 1.00 e. The van der Waals surface area contributed by atoms with Gasteiger partial charge in [0.25, 0.3) is 10.1 Å².